The lowest BCUT2D eigenvalue weighted by Gasteiger charge is -2.11. The van der Waals surface area contributed by atoms with Gasteiger partial charge >= 0.3 is 6.18 Å². The summed E-state index contributed by atoms with van der Waals surface area (Å²) >= 11 is 5.52. The van der Waals surface area contributed by atoms with Crippen molar-refractivity contribution in [2.45, 2.75) is 12.7 Å². The smallest absolute Gasteiger partial charge is 0.381 e. The monoisotopic (exact) mass is 321 g/mol. The third-order valence-electron chi connectivity index (χ3n) is 2.75. The fourth-order valence-electron chi connectivity index (χ4n) is 1.71. The first-order chi connectivity index (χ1) is 9.77. The lowest BCUT2D eigenvalue weighted by atomic mass is 10.1. The molecule has 7 heteroatoms. The first-order valence-electron chi connectivity index (χ1n) is 5.82. The molecule has 0 heterocycles. The fraction of sp³-hybridized carbons (Fsp3) is 0.143. The van der Waals surface area contributed by atoms with E-state index in [9.17, 15) is 22.0 Å². The van der Waals surface area contributed by atoms with Gasteiger partial charge in [0, 0.05) is 12.2 Å². The number of halogens is 6. The minimum absolute atomic E-state index is 0.00949. The quantitative estimate of drug-likeness (QED) is 0.761. The van der Waals surface area contributed by atoms with Crippen LogP contribution in [0.25, 0.3) is 0 Å². The third-order valence-corrected chi connectivity index (χ3v) is 3.06. The Bertz CT molecular complexity index is 654. The van der Waals surface area contributed by atoms with Gasteiger partial charge < -0.3 is 5.32 Å². The first kappa shape index (κ1) is 15.6. The first-order valence-corrected chi connectivity index (χ1v) is 6.20. The predicted molar refractivity (Wildman–Crippen MR) is 70.1 cm³/mol. The van der Waals surface area contributed by atoms with Crippen LogP contribution in [0, 0.1) is 11.6 Å². The van der Waals surface area contributed by atoms with Crippen LogP contribution in [-0.4, -0.2) is 0 Å². The Hall–Kier alpha value is -1.82. The molecule has 0 unspecified atom stereocenters. The molecule has 0 spiro atoms. The Labute approximate surface area is 122 Å². The molecule has 0 aromatic heterocycles. The van der Waals surface area contributed by atoms with Crippen molar-refractivity contribution in [3.8, 4) is 0 Å². The summed E-state index contributed by atoms with van der Waals surface area (Å²) < 4.78 is 64.0. The Balaban J connectivity index is 2.15. The topological polar surface area (TPSA) is 12.0 Å². The lowest BCUT2D eigenvalue weighted by Crippen LogP contribution is -2.10. The molecule has 0 aliphatic rings. The molecule has 2 aromatic carbocycles. The SMILES string of the molecule is Fc1cc(NCc2ccc(F)c(C(F)(F)F)c2)ccc1Cl. The number of alkyl halides is 3. The van der Waals surface area contributed by atoms with Crippen LogP contribution in [-0.2, 0) is 12.7 Å². The van der Waals surface area contributed by atoms with Gasteiger partial charge in [0.2, 0.25) is 0 Å². The minimum atomic E-state index is -4.76. The van der Waals surface area contributed by atoms with Gasteiger partial charge in [-0.25, -0.2) is 8.78 Å². The molecular formula is C14H9ClF5N. The second kappa shape index (κ2) is 5.89. The summed E-state index contributed by atoms with van der Waals surface area (Å²) in [4.78, 5) is 0. The summed E-state index contributed by atoms with van der Waals surface area (Å²) in [5.41, 5.74) is -0.752. The van der Waals surface area contributed by atoms with E-state index in [1.54, 1.807) is 0 Å². The summed E-state index contributed by atoms with van der Waals surface area (Å²) in [5, 5.41) is 2.68. The summed E-state index contributed by atoms with van der Waals surface area (Å²) in [5.74, 6) is -1.97. The summed E-state index contributed by atoms with van der Waals surface area (Å²) in [7, 11) is 0. The van der Waals surface area contributed by atoms with Crippen LogP contribution >= 0.6 is 11.6 Å². The van der Waals surface area contributed by atoms with E-state index in [-0.39, 0.29) is 17.1 Å². The minimum Gasteiger partial charge on any atom is -0.381 e. The van der Waals surface area contributed by atoms with Crippen LogP contribution in [0.3, 0.4) is 0 Å². The highest BCUT2D eigenvalue weighted by Gasteiger charge is 2.34. The van der Waals surface area contributed by atoms with Gasteiger partial charge in [-0.05, 0) is 35.9 Å². The second-order valence-corrected chi connectivity index (χ2v) is 4.70. The van der Waals surface area contributed by atoms with E-state index in [1.807, 2.05) is 0 Å². The van der Waals surface area contributed by atoms with Crippen molar-refractivity contribution < 1.29 is 22.0 Å². The fourth-order valence-corrected chi connectivity index (χ4v) is 1.83. The maximum atomic E-state index is 13.2. The van der Waals surface area contributed by atoms with E-state index in [0.29, 0.717) is 11.8 Å². The molecule has 0 radical (unpaired) electrons. The van der Waals surface area contributed by atoms with Gasteiger partial charge in [0.15, 0.2) is 0 Å². The van der Waals surface area contributed by atoms with Crippen molar-refractivity contribution in [2.75, 3.05) is 5.32 Å². The third kappa shape index (κ3) is 3.85. The van der Waals surface area contributed by atoms with Gasteiger partial charge in [0.1, 0.15) is 11.6 Å². The van der Waals surface area contributed by atoms with Crippen LogP contribution in [0.4, 0.5) is 27.6 Å². The Morgan fingerprint density at radius 3 is 2.29 bits per heavy atom. The molecule has 0 bridgehead atoms. The zero-order valence-corrected chi connectivity index (χ0v) is 11.2. The molecule has 0 saturated heterocycles. The number of anilines is 1. The predicted octanol–water partition coefficient (Wildman–Crippen LogP) is 5.25. The van der Waals surface area contributed by atoms with Gasteiger partial charge in [0.25, 0.3) is 0 Å². The molecule has 0 amide bonds. The van der Waals surface area contributed by atoms with Crippen molar-refractivity contribution in [1.82, 2.24) is 0 Å². The molecule has 2 rings (SSSR count). The van der Waals surface area contributed by atoms with Crippen LogP contribution < -0.4 is 5.32 Å². The highest BCUT2D eigenvalue weighted by Crippen LogP contribution is 2.32. The standard InChI is InChI=1S/C14H9ClF5N/c15-11-3-2-9(6-13(11)17)21-7-8-1-4-12(16)10(5-8)14(18,19)20/h1-6,21H,7H2. The van der Waals surface area contributed by atoms with Crippen LogP contribution in [0.2, 0.25) is 5.02 Å². The number of nitrogens with one attached hydrogen (secondary N) is 1. The highest BCUT2D eigenvalue weighted by molar-refractivity contribution is 6.30. The Morgan fingerprint density at radius 2 is 1.67 bits per heavy atom. The molecule has 0 aliphatic carbocycles. The van der Waals surface area contributed by atoms with Gasteiger partial charge in [-0.3, -0.25) is 0 Å². The van der Waals surface area contributed by atoms with E-state index >= 15 is 0 Å². The van der Waals surface area contributed by atoms with Crippen molar-refractivity contribution in [3.05, 3.63) is 64.2 Å². The molecule has 0 aliphatic heterocycles. The van der Waals surface area contributed by atoms with Gasteiger partial charge in [-0.1, -0.05) is 17.7 Å². The molecular weight excluding hydrogens is 313 g/mol. The van der Waals surface area contributed by atoms with E-state index in [2.05, 4.69) is 5.32 Å². The average molecular weight is 322 g/mol. The highest BCUT2D eigenvalue weighted by atomic mass is 35.5. The normalized spacial score (nSPS) is 11.5. The zero-order valence-electron chi connectivity index (χ0n) is 10.4. The second-order valence-electron chi connectivity index (χ2n) is 4.29. The van der Waals surface area contributed by atoms with E-state index < -0.39 is 23.4 Å². The van der Waals surface area contributed by atoms with Crippen LogP contribution in [0.5, 0.6) is 0 Å². The summed E-state index contributed by atoms with van der Waals surface area (Å²) in [6.07, 6.45) is -4.76. The van der Waals surface area contributed by atoms with E-state index in [1.165, 1.54) is 18.2 Å². The number of hydrogen-bond acceptors (Lipinski definition) is 1. The average Bonchev–Trinajstić information content (AvgIpc) is 2.40. The molecule has 1 nitrogen and oxygen atoms in total. The molecule has 0 atom stereocenters. The van der Waals surface area contributed by atoms with Crippen molar-refractivity contribution >= 4 is 17.3 Å². The largest absolute Gasteiger partial charge is 0.419 e. The summed E-state index contributed by atoms with van der Waals surface area (Å²) in [6, 6.07) is 6.63. The number of hydrogen-bond donors (Lipinski definition) is 1. The number of benzene rings is 2. The molecule has 0 fully saturated rings. The molecule has 112 valence electrons. The molecule has 2 aromatic rings. The lowest BCUT2D eigenvalue weighted by molar-refractivity contribution is -0.140. The zero-order chi connectivity index (χ0) is 15.6. The van der Waals surface area contributed by atoms with Crippen molar-refractivity contribution in [3.63, 3.8) is 0 Å². The van der Waals surface area contributed by atoms with Crippen molar-refractivity contribution in [1.29, 1.82) is 0 Å². The Kier molecular flexibility index (Phi) is 4.37. The van der Waals surface area contributed by atoms with E-state index in [0.717, 1.165) is 12.1 Å². The van der Waals surface area contributed by atoms with Gasteiger partial charge in [-0.2, -0.15) is 13.2 Å². The molecule has 0 saturated carbocycles. The molecule has 21 heavy (non-hydrogen) atoms. The van der Waals surface area contributed by atoms with Crippen LogP contribution in [0.1, 0.15) is 11.1 Å². The van der Waals surface area contributed by atoms with Crippen molar-refractivity contribution in [2.24, 2.45) is 0 Å². The van der Waals surface area contributed by atoms with Gasteiger partial charge in [-0.15, -0.1) is 0 Å². The number of rotatable bonds is 3. The summed E-state index contributed by atoms with van der Waals surface area (Å²) in [6.45, 7) is -0.00949. The maximum absolute atomic E-state index is 13.2. The maximum Gasteiger partial charge on any atom is 0.419 e. The Morgan fingerprint density at radius 1 is 0.952 bits per heavy atom. The van der Waals surface area contributed by atoms with Gasteiger partial charge in [0.05, 0.1) is 10.6 Å². The van der Waals surface area contributed by atoms with Crippen LogP contribution in [0.15, 0.2) is 36.4 Å². The van der Waals surface area contributed by atoms with E-state index in [4.69, 9.17) is 11.6 Å². The molecule has 1 N–H and O–H groups in total.